The van der Waals surface area contributed by atoms with Crippen molar-refractivity contribution in [2.75, 3.05) is 57.3 Å². The van der Waals surface area contributed by atoms with Gasteiger partial charge in [0.2, 0.25) is 0 Å². The van der Waals surface area contributed by atoms with E-state index in [9.17, 15) is 31.1 Å². The molecule has 2 heterocycles. The third-order valence-corrected chi connectivity index (χ3v) is 6.94. The van der Waals surface area contributed by atoms with E-state index in [1.165, 1.54) is 24.2 Å². The Hall–Kier alpha value is -2.95. The zero-order valence-corrected chi connectivity index (χ0v) is 21.0. The Labute approximate surface area is 217 Å². The molecule has 0 bridgehead atoms. The maximum Gasteiger partial charge on any atom is 0.416 e. The van der Waals surface area contributed by atoms with Crippen molar-refractivity contribution in [3.05, 3.63) is 59.2 Å². The summed E-state index contributed by atoms with van der Waals surface area (Å²) >= 11 is 0. The van der Waals surface area contributed by atoms with Crippen molar-refractivity contribution < 1.29 is 35.9 Å². The molecule has 2 aromatic carbocycles. The van der Waals surface area contributed by atoms with E-state index in [0.717, 1.165) is 37.5 Å². The number of hydrogen-bond acceptors (Lipinski definition) is 4. The minimum absolute atomic E-state index is 0.0246. The van der Waals surface area contributed by atoms with Gasteiger partial charge in [-0.05, 0) is 74.8 Å². The van der Waals surface area contributed by atoms with Crippen molar-refractivity contribution in [1.82, 2.24) is 9.80 Å². The van der Waals surface area contributed by atoms with Crippen LogP contribution in [0, 0.1) is 0 Å². The highest BCUT2D eigenvalue weighted by atomic mass is 19.4. The van der Waals surface area contributed by atoms with Crippen LogP contribution >= 0.6 is 0 Å². The van der Waals surface area contributed by atoms with Gasteiger partial charge in [0.15, 0.2) is 0 Å². The van der Waals surface area contributed by atoms with Gasteiger partial charge in [-0.25, -0.2) is 0 Å². The van der Waals surface area contributed by atoms with E-state index in [0.29, 0.717) is 31.8 Å². The largest absolute Gasteiger partial charge is 0.494 e. The van der Waals surface area contributed by atoms with Gasteiger partial charge in [-0.15, -0.1) is 0 Å². The van der Waals surface area contributed by atoms with Crippen LogP contribution in [0.1, 0.15) is 47.2 Å². The number of carbonyl (C=O) groups excluding carboxylic acids is 1. The maximum atomic E-state index is 13.2. The Morgan fingerprint density at radius 2 is 1.34 bits per heavy atom. The van der Waals surface area contributed by atoms with Crippen LogP contribution in [0.4, 0.5) is 32.0 Å². The standard InChI is InChI=1S/C27H31F6N3O2/c28-26(29,30)21-17-20(18-22(19-21)27(31,32)33)25(37)36-14-12-35(13-15-36)23-5-7-24(8-6-23)38-16-4-11-34-9-2-1-3-10-34/h5-8,17-19H,1-4,9-16H2. The first kappa shape index (κ1) is 28.1. The van der Waals surface area contributed by atoms with E-state index >= 15 is 0 Å². The Morgan fingerprint density at radius 1 is 0.763 bits per heavy atom. The summed E-state index contributed by atoms with van der Waals surface area (Å²) in [5, 5.41) is 0. The fourth-order valence-corrected chi connectivity index (χ4v) is 4.84. The van der Waals surface area contributed by atoms with Crippen LogP contribution in [0.2, 0.25) is 0 Å². The number of alkyl halides is 6. The molecule has 0 aromatic heterocycles. The molecule has 0 radical (unpaired) electrons. The Kier molecular flexibility index (Phi) is 8.74. The van der Waals surface area contributed by atoms with Crippen LogP contribution in [-0.2, 0) is 12.4 Å². The molecule has 2 saturated heterocycles. The lowest BCUT2D eigenvalue weighted by molar-refractivity contribution is -0.143. The van der Waals surface area contributed by atoms with Gasteiger partial charge in [0.05, 0.1) is 17.7 Å². The van der Waals surface area contributed by atoms with Gasteiger partial charge < -0.3 is 19.4 Å². The maximum absolute atomic E-state index is 13.2. The zero-order chi connectivity index (χ0) is 27.3. The number of benzene rings is 2. The lowest BCUT2D eigenvalue weighted by atomic mass is 10.0. The van der Waals surface area contributed by atoms with Crippen LogP contribution in [0.15, 0.2) is 42.5 Å². The summed E-state index contributed by atoms with van der Waals surface area (Å²) in [6, 6.07) is 8.53. The molecule has 0 N–H and O–H groups in total. The first-order valence-electron chi connectivity index (χ1n) is 12.8. The second-order valence-electron chi connectivity index (χ2n) is 9.67. The summed E-state index contributed by atoms with van der Waals surface area (Å²) in [7, 11) is 0. The lowest BCUT2D eigenvalue weighted by Crippen LogP contribution is -2.48. The molecule has 2 fully saturated rings. The zero-order valence-electron chi connectivity index (χ0n) is 21.0. The molecule has 4 rings (SSSR count). The molecule has 0 unspecified atom stereocenters. The van der Waals surface area contributed by atoms with Crippen molar-refractivity contribution >= 4 is 11.6 Å². The summed E-state index contributed by atoms with van der Waals surface area (Å²) in [6.45, 7) is 5.10. The van der Waals surface area contributed by atoms with Crippen molar-refractivity contribution in [3.8, 4) is 5.75 Å². The normalized spacial score (nSPS) is 17.5. The number of halogens is 6. The summed E-state index contributed by atoms with van der Waals surface area (Å²) in [6.07, 6.45) is -5.22. The summed E-state index contributed by atoms with van der Waals surface area (Å²) < 4.78 is 84.8. The molecule has 5 nitrogen and oxygen atoms in total. The molecule has 2 aliphatic rings. The average Bonchev–Trinajstić information content (AvgIpc) is 2.90. The Morgan fingerprint density at radius 3 is 1.89 bits per heavy atom. The predicted octanol–water partition coefficient (Wildman–Crippen LogP) is 5.94. The molecule has 0 aliphatic carbocycles. The second kappa shape index (κ2) is 11.8. The first-order valence-corrected chi connectivity index (χ1v) is 12.8. The van der Waals surface area contributed by atoms with Crippen molar-refractivity contribution in [2.24, 2.45) is 0 Å². The van der Waals surface area contributed by atoms with Crippen LogP contribution in [0.25, 0.3) is 0 Å². The third-order valence-electron chi connectivity index (χ3n) is 6.94. The molecule has 208 valence electrons. The van der Waals surface area contributed by atoms with Crippen LogP contribution in [-0.4, -0.2) is 68.1 Å². The van der Waals surface area contributed by atoms with Crippen LogP contribution < -0.4 is 9.64 Å². The van der Waals surface area contributed by atoms with Gasteiger partial charge in [-0.2, -0.15) is 26.3 Å². The highest BCUT2D eigenvalue weighted by molar-refractivity contribution is 5.95. The van der Waals surface area contributed by atoms with E-state index in [4.69, 9.17) is 4.74 Å². The van der Waals surface area contributed by atoms with Gasteiger partial charge in [0.1, 0.15) is 5.75 Å². The monoisotopic (exact) mass is 543 g/mol. The number of anilines is 1. The molecule has 2 aliphatic heterocycles. The number of piperidine rings is 1. The van der Waals surface area contributed by atoms with Crippen LogP contribution in [0.3, 0.4) is 0 Å². The molecule has 38 heavy (non-hydrogen) atoms. The molecule has 0 saturated carbocycles. The fourth-order valence-electron chi connectivity index (χ4n) is 4.84. The van der Waals surface area contributed by atoms with E-state index in [1.54, 1.807) is 0 Å². The van der Waals surface area contributed by atoms with Gasteiger partial charge in [0.25, 0.3) is 5.91 Å². The molecule has 0 atom stereocenters. The van der Waals surface area contributed by atoms with E-state index in [2.05, 4.69) is 4.90 Å². The summed E-state index contributed by atoms with van der Waals surface area (Å²) in [5.74, 6) is -0.0965. The Bertz CT molecular complexity index is 1040. The van der Waals surface area contributed by atoms with Crippen LogP contribution in [0.5, 0.6) is 5.75 Å². The lowest BCUT2D eigenvalue weighted by Gasteiger charge is -2.36. The number of hydrogen-bond donors (Lipinski definition) is 0. The average molecular weight is 544 g/mol. The number of nitrogens with zero attached hydrogens (tertiary/aromatic N) is 3. The van der Waals surface area contributed by atoms with Crippen molar-refractivity contribution in [3.63, 3.8) is 0 Å². The predicted molar refractivity (Wildman–Crippen MR) is 131 cm³/mol. The van der Waals surface area contributed by atoms with E-state index in [1.807, 2.05) is 29.2 Å². The first-order chi connectivity index (χ1) is 18.0. The number of piperazine rings is 1. The second-order valence-corrected chi connectivity index (χ2v) is 9.67. The molecule has 2 aromatic rings. The quantitative estimate of drug-likeness (QED) is 0.320. The van der Waals surface area contributed by atoms with Gasteiger partial charge in [-0.3, -0.25) is 4.79 Å². The minimum Gasteiger partial charge on any atom is -0.494 e. The van der Waals surface area contributed by atoms with Gasteiger partial charge in [-0.1, -0.05) is 6.42 Å². The molecular formula is C27H31F6N3O2. The molecule has 0 spiro atoms. The number of carbonyl (C=O) groups is 1. The smallest absolute Gasteiger partial charge is 0.416 e. The van der Waals surface area contributed by atoms with Crippen molar-refractivity contribution in [2.45, 2.75) is 38.0 Å². The van der Waals surface area contributed by atoms with Crippen molar-refractivity contribution in [1.29, 1.82) is 0 Å². The highest BCUT2D eigenvalue weighted by Gasteiger charge is 2.38. The molecular weight excluding hydrogens is 512 g/mol. The highest BCUT2D eigenvalue weighted by Crippen LogP contribution is 2.36. The third kappa shape index (κ3) is 7.33. The van der Waals surface area contributed by atoms with Gasteiger partial charge in [0, 0.05) is 44.0 Å². The molecule has 1 amide bonds. The summed E-state index contributed by atoms with van der Waals surface area (Å²) in [5.41, 5.74) is -2.72. The fraction of sp³-hybridized carbons (Fsp3) is 0.519. The number of likely N-dealkylation sites (tertiary alicyclic amines) is 1. The topological polar surface area (TPSA) is 36.0 Å². The van der Waals surface area contributed by atoms with Gasteiger partial charge >= 0.3 is 12.4 Å². The number of ether oxygens (including phenoxy) is 1. The van der Waals surface area contributed by atoms with E-state index in [-0.39, 0.29) is 19.2 Å². The Balaban J connectivity index is 1.30. The van der Waals surface area contributed by atoms with E-state index < -0.39 is 35.0 Å². The molecule has 11 heteroatoms. The summed E-state index contributed by atoms with van der Waals surface area (Å²) in [4.78, 5) is 18.6. The number of amides is 1. The minimum atomic E-state index is -5.00. The number of rotatable bonds is 7. The SMILES string of the molecule is O=C(c1cc(C(F)(F)F)cc(C(F)(F)F)c1)N1CCN(c2ccc(OCCCN3CCCCC3)cc2)CC1.